The average molecular weight is 283 g/mol. The molecule has 19 heavy (non-hydrogen) atoms. The molecule has 2 rings (SSSR count). The molecule has 1 aliphatic heterocycles. The summed E-state index contributed by atoms with van der Waals surface area (Å²) in [4.78, 5) is 2.46. The van der Waals surface area contributed by atoms with Gasteiger partial charge in [0.2, 0.25) is 0 Å². The summed E-state index contributed by atoms with van der Waals surface area (Å²) in [5.41, 5.74) is 2.47. The van der Waals surface area contributed by atoms with Crippen LogP contribution < -0.4 is 10.1 Å². The van der Waals surface area contributed by atoms with E-state index in [2.05, 4.69) is 30.1 Å². The minimum absolute atomic E-state index is 0.412. The first-order valence-electron chi connectivity index (χ1n) is 6.91. The van der Waals surface area contributed by atoms with Crippen LogP contribution >= 0.6 is 11.6 Å². The lowest BCUT2D eigenvalue weighted by molar-refractivity contribution is 0.233. The maximum absolute atomic E-state index is 6.34. The van der Waals surface area contributed by atoms with Crippen molar-refractivity contribution in [1.82, 2.24) is 10.2 Å². The lowest BCUT2D eigenvalue weighted by atomic mass is 9.99. The number of ether oxygens (including phenoxy) is 1. The van der Waals surface area contributed by atoms with Crippen LogP contribution in [0, 0.1) is 0 Å². The van der Waals surface area contributed by atoms with Crippen LogP contribution in [0.3, 0.4) is 0 Å². The fourth-order valence-electron chi connectivity index (χ4n) is 2.54. The molecule has 1 N–H and O–H groups in total. The molecular weight excluding hydrogens is 260 g/mol. The normalized spacial score (nSPS) is 16.9. The Morgan fingerprint density at radius 2 is 2.00 bits per heavy atom. The highest BCUT2D eigenvalue weighted by Gasteiger charge is 2.15. The van der Waals surface area contributed by atoms with E-state index in [4.69, 9.17) is 16.3 Å². The van der Waals surface area contributed by atoms with E-state index in [1.807, 2.05) is 6.07 Å². The third-order valence-electron chi connectivity index (χ3n) is 3.57. The zero-order valence-electron chi connectivity index (χ0n) is 12.0. The van der Waals surface area contributed by atoms with Crippen molar-refractivity contribution in [3.05, 3.63) is 28.3 Å². The molecule has 1 heterocycles. The topological polar surface area (TPSA) is 24.5 Å². The second-order valence-corrected chi connectivity index (χ2v) is 5.79. The molecule has 0 aliphatic carbocycles. The lowest BCUT2D eigenvalue weighted by Crippen LogP contribution is -2.42. The summed E-state index contributed by atoms with van der Waals surface area (Å²) in [6.45, 7) is 9.64. The van der Waals surface area contributed by atoms with Gasteiger partial charge in [0.1, 0.15) is 5.75 Å². The molecule has 106 valence electrons. The van der Waals surface area contributed by atoms with E-state index in [0.29, 0.717) is 5.92 Å². The van der Waals surface area contributed by atoms with E-state index in [9.17, 15) is 0 Å². The van der Waals surface area contributed by atoms with Crippen molar-refractivity contribution in [3.63, 3.8) is 0 Å². The summed E-state index contributed by atoms with van der Waals surface area (Å²) in [7, 11) is 1.68. The molecule has 0 spiro atoms. The van der Waals surface area contributed by atoms with Crippen LogP contribution in [0.2, 0.25) is 5.02 Å². The molecule has 0 bridgehead atoms. The second-order valence-electron chi connectivity index (χ2n) is 5.38. The van der Waals surface area contributed by atoms with E-state index >= 15 is 0 Å². The monoisotopic (exact) mass is 282 g/mol. The van der Waals surface area contributed by atoms with Gasteiger partial charge < -0.3 is 10.1 Å². The van der Waals surface area contributed by atoms with Crippen molar-refractivity contribution >= 4 is 11.6 Å². The number of hydrogen-bond acceptors (Lipinski definition) is 3. The van der Waals surface area contributed by atoms with Crippen LogP contribution in [-0.2, 0) is 6.54 Å². The third kappa shape index (κ3) is 3.62. The minimum Gasteiger partial charge on any atom is -0.495 e. The first-order chi connectivity index (χ1) is 9.11. The van der Waals surface area contributed by atoms with Gasteiger partial charge in [-0.2, -0.15) is 0 Å². The number of rotatable bonds is 4. The van der Waals surface area contributed by atoms with Gasteiger partial charge in [0.15, 0.2) is 0 Å². The number of nitrogens with zero attached hydrogens (tertiary/aromatic N) is 1. The summed E-state index contributed by atoms with van der Waals surface area (Å²) >= 11 is 6.34. The zero-order chi connectivity index (χ0) is 13.8. The maximum Gasteiger partial charge on any atom is 0.140 e. The molecule has 0 amide bonds. The molecular formula is C15H23ClN2O. The van der Waals surface area contributed by atoms with Crippen LogP contribution in [0.15, 0.2) is 12.1 Å². The second kappa shape index (κ2) is 6.60. The standard InChI is InChI=1S/C15H23ClN2O/c1-11(2)13-8-12(9-14(16)15(13)19-3)10-18-6-4-17-5-7-18/h8-9,11,17H,4-7,10H2,1-3H3. The lowest BCUT2D eigenvalue weighted by Gasteiger charge is -2.27. The summed E-state index contributed by atoms with van der Waals surface area (Å²) < 4.78 is 5.43. The summed E-state index contributed by atoms with van der Waals surface area (Å²) in [6, 6.07) is 4.27. The molecule has 0 unspecified atom stereocenters. The highest BCUT2D eigenvalue weighted by Crippen LogP contribution is 2.35. The quantitative estimate of drug-likeness (QED) is 0.919. The van der Waals surface area contributed by atoms with Crippen molar-refractivity contribution in [2.75, 3.05) is 33.3 Å². The predicted molar refractivity (Wildman–Crippen MR) is 80.2 cm³/mol. The Morgan fingerprint density at radius 3 is 2.58 bits per heavy atom. The van der Waals surface area contributed by atoms with Gasteiger partial charge in [-0.25, -0.2) is 0 Å². The SMILES string of the molecule is COc1c(Cl)cc(CN2CCNCC2)cc1C(C)C. The van der Waals surface area contributed by atoms with Gasteiger partial charge >= 0.3 is 0 Å². The van der Waals surface area contributed by atoms with Gasteiger partial charge in [-0.15, -0.1) is 0 Å². The largest absolute Gasteiger partial charge is 0.495 e. The molecule has 0 saturated carbocycles. The Morgan fingerprint density at radius 1 is 1.32 bits per heavy atom. The summed E-state index contributed by atoms with van der Waals surface area (Å²) in [5, 5.41) is 4.09. The molecule has 0 aromatic heterocycles. The van der Waals surface area contributed by atoms with Crippen LogP contribution in [0.5, 0.6) is 5.75 Å². The number of nitrogens with one attached hydrogen (secondary N) is 1. The fraction of sp³-hybridized carbons (Fsp3) is 0.600. The highest BCUT2D eigenvalue weighted by atomic mass is 35.5. The van der Waals surface area contributed by atoms with Gasteiger partial charge in [0.05, 0.1) is 12.1 Å². The Labute approximate surface area is 120 Å². The van der Waals surface area contributed by atoms with Crippen LogP contribution in [0.25, 0.3) is 0 Å². The van der Waals surface area contributed by atoms with Crippen molar-refractivity contribution in [2.24, 2.45) is 0 Å². The van der Waals surface area contributed by atoms with E-state index < -0.39 is 0 Å². The number of piperazine rings is 1. The molecule has 1 aromatic rings. The van der Waals surface area contributed by atoms with Crippen molar-refractivity contribution in [2.45, 2.75) is 26.3 Å². The van der Waals surface area contributed by atoms with Gasteiger partial charge in [-0.1, -0.05) is 31.5 Å². The van der Waals surface area contributed by atoms with Gasteiger partial charge in [0, 0.05) is 32.7 Å². The Balaban J connectivity index is 2.21. The van der Waals surface area contributed by atoms with E-state index in [-0.39, 0.29) is 0 Å². The molecule has 1 aromatic carbocycles. The molecule has 4 heteroatoms. The van der Waals surface area contributed by atoms with Crippen LogP contribution in [0.1, 0.15) is 30.9 Å². The van der Waals surface area contributed by atoms with Gasteiger partial charge in [-0.05, 0) is 23.1 Å². The first kappa shape index (κ1) is 14.6. The number of halogens is 1. The molecule has 0 radical (unpaired) electrons. The van der Waals surface area contributed by atoms with E-state index in [0.717, 1.165) is 43.5 Å². The highest BCUT2D eigenvalue weighted by molar-refractivity contribution is 6.32. The van der Waals surface area contributed by atoms with Crippen LogP contribution in [0.4, 0.5) is 0 Å². The smallest absolute Gasteiger partial charge is 0.140 e. The number of hydrogen-bond donors (Lipinski definition) is 1. The third-order valence-corrected chi connectivity index (χ3v) is 3.85. The molecule has 0 atom stereocenters. The molecule has 1 aliphatic rings. The Kier molecular flexibility index (Phi) is 5.08. The van der Waals surface area contributed by atoms with Crippen LogP contribution in [-0.4, -0.2) is 38.2 Å². The van der Waals surface area contributed by atoms with Gasteiger partial charge in [-0.3, -0.25) is 4.90 Å². The van der Waals surface area contributed by atoms with Gasteiger partial charge in [0.25, 0.3) is 0 Å². The molecule has 1 saturated heterocycles. The minimum atomic E-state index is 0.412. The Hall–Kier alpha value is -0.770. The summed E-state index contributed by atoms with van der Waals surface area (Å²) in [6.07, 6.45) is 0. The van der Waals surface area contributed by atoms with E-state index in [1.165, 1.54) is 11.1 Å². The van der Waals surface area contributed by atoms with E-state index in [1.54, 1.807) is 7.11 Å². The maximum atomic E-state index is 6.34. The number of benzene rings is 1. The van der Waals surface area contributed by atoms with Crippen molar-refractivity contribution < 1.29 is 4.74 Å². The van der Waals surface area contributed by atoms with Crippen molar-refractivity contribution in [3.8, 4) is 5.75 Å². The molecule has 1 fully saturated rings. The summed E-state index contributed by atoms with van der Waals surface area (Å²) in [5.74, 6) is 1.23. The average Bonchev–Trinajstić information content (AvgIpc) is 2.39. The Bertz CT molecular complexity index is 428. The van der Waals surface area contributed by atoms with Crippen molar-refractivity contribution in [1.29, 1.82) is 0 Å². The predicted octanol–water partition coefficient (Wildman–Crippen LogP) is 2.88. The number of methoxy groups -OCH3 is 1. The zero-order valence-corrected chi connectivity index (χ0v) is 12.8. The fourth-order valence-corrected chi connectivity index (χ4v) is 2.86. The first-order valence-corrected chi connectivity index (χ1v) is 7.29. The molecule has 3 nitrogen and oxygen atoms in total.